The van der Waals surface area contributed by atoms with Crippen LogP contribution in [0.5, 0.6) is 0 Å². The molecule has 7 heteroatoms. The summed E-state index contributed by atoms with van der Waals surface area (Å²) in [5, 5.41) is 3.84. The molecule has 0 atom stereocenters. The van der Waals surface area contributed by atoms with Crippen molar-refractivity contribution in [1.29, 1.82) is 0 Å². The van der Waals surface area contributed by atoms with Gasteiger partial charge in [-0.15, -0.1) is 0 Å². The fourth-order valence-electron chi connectivity index (χ4n) is 4.53. The van der Waals surface area contributed by atoms with Gasteiger partial charge in [-0.2, -0.15) is 0 Å². The number of hydrogen-bond acceptors (Lipinski definition) is 5. The van der Waals surface area contributed by atoms with Crippen LogP contribution in [0, 0.1) is 12.8 Å². The number of benzene rings is 2. The number of oxazole rings is 1. The van der Waals surface area contributed by atoms with Gasteiger partial charge in [0, 0.05) is 36.1 Å². The van der Waals surface area contributed by atoms with Crippen molar-refractivity contribution < 1.29 is 9.21 Å². The minimum absolute atomic E-state index is 0.0938. The van der Waals surface area contributed by atoms with Crippen LogP contribution in [0.2, 0.25) is 5.02 Å². The van der Waals surface area contributed by atoms with Crippen molar-refractivity contribution in [2.45, 2.75) is 39.3 Å². The highest BCUT2D eigenvalue weighted by Gasteiger charge is 2.26. The number of carbonyl (C=O) groups excluding carboxylic acids is 1. The number of halogens is 1. The predicted octanol–water partition coefficient (Wildman–Crippen LogP) is 5.15. The van der Waals surface area contributed by atoms with Crippen molar-refractivity contribution >= 4 is 17.5 Å². The number of nitrogens with zero attached hydrogens (tertiary/aromatic N) is 3. The zero-order chi connectivity index (χ0) is 24.6. The van der Waals surface area contributed by atoms with Gasteiger partial charge in [-0.25, -0.2) is 4.98 Å². The molecule has 0 saturated carbocycles. The van der Waals surface area contributed by atoms with Crippen LogP contribution in [-0.4, -0.2) is 53.9 Å². The van der Waals surface area contributed by atoms with Gasteiger partial charge in [0.1, 0.15) is 5.76 Å². The first-order valence-corrected chi connectivity index (χ1v) is 12.8. The van der Waals surface area contributed by atoms with Crippen molar-refractivity contribution in [2.75, 3.05) is 33.2 Å². The minimum Gasteiger partial charge on any atom is -0.441 e. The van der Waals surface area contributed by atoms with E-state index in [0.717, 1.165) is 75.5 Å². The predicted molar refractivity (Wildman–Crippen MR) is 140 cm³/mol. The third kappa shape index (κ3) is 7.40. The highest BCUT2D eigenvalue weighted by molar-refractivity contribution is 6.30. The van der Waals surface area contributed by atoms with Gasteiger partial charge < -0.3 is 14.6 Å². The largest absolute Gasteiger partial charge is 0.441 e. The van der Waals surface area contributed by atoms with E-state index < -0.39 is 0 Å². The summed E-state index contributed by atoms with van der Waals surface area (Å²) in [7, 11) is 2.12. The van der Waals surface area contributed by atoms with Gasteiger partial charge in [-0.05, 0) is 82.7 Å². The number of likely N-dealkylation sites (tertiary alicyclic amines) is 1. The van der Waals surface area contributed by atoms with Crippen molar-refractivity contribution in [3.63, 3.8) is 0 Å². The molecule has 0 bridgehead atoms. The third-order valence-electron chi connectivity index (χ3n) is 6.63. The molecule has 186 valence electrons. The van der Waals surface area contributed by atoms with Gasteiger partial charge in [0.2, 0.25) is 11.8 Å². The fourth-order valence-corrected chi connectivity index (χ4v) is 4.66. The Hall–Kier alpha value is -2.67. The van der Waals surface area contributed by atoms with E-state index in [-0.39, 0.29) is 11.8 Å². The Morgan fingerprint density at radius 2 is 1.86 bits per heavy atom. The summed E-state index contributed by atoms with van der Waals surface area (Å²) in [4.78, 5) is 22.0. The van der Waals surface area contributed by atoms with Gasteiger partial charge in [0.25, 0.3) is 0 Å². The van der Waals surface area contributed by atoms with Crippen LogP contribution in [0.4, 0.5) is 0 Å². The van der Waals surface area contributed by atoms with E-state index in [0.29, 0.717) is 10.9 Å². The molecule has 0 spiro atoms. The van der Waals surface area contributed by atoms with Gasteiger partial charge in [0.15, 0.2) is 0 Å². The van der Waals surface area contributed by atoms with Crippen LogP contribution >= 0.6 is 11.6 Å². The number of amides is 1. The average molecular weight is 495 g/mol. The highest BCUT2D eigenvalue weighted by Crippen LogP contribution is 2.25. The molecule has 4 rings (SSSR count). The number of aromatic nitrogens is 1. The Balaban J connectivity index is 1.16. The Labute approximate surface area is 213 Å². The van der Waals surface area contributed by atoms with Crippen molar-refractivity contribution in [3.05, 3.63) is 76.6 Å². The van der Waals surface area contributed by atoms with Gasteiger partial charge in [0.05, 0.1) is 5.69 Å². The Morgan fingerprint density at radius 3 is 2.57 bits per heavy atom. The molecule has 0 radical (unpaired) electrons. The summed E-state index contributed by atoms with van der Waals surface area (Å²) in [6, 6.07) is 18.0. The number of carbonyl (C=O) groups is 1. The van der Waals surface area contributed by atoms with Crippen molar-refractivity contribution in [3.8, 4) is 11.5 Å². The van der Waals surface area contributed by atoms with E-state index in [4.69, 9.17) is 21.0 Å². The van der Waals surface area contributed by atoms with E-state index >= 15 is 0 Å². The number of rotatable bonds is 10. The minimum atomic E-state index is 0.0938. The zero-order valence-electron chi connectivity index (χ0n) is 20.7. The molecule has 0 aliphatic carbocycles. The third-order valence-corrected chi connectivity index (χ3v) is 6.88. The summed E-state index contributed by atoms with van der Waals surface area (Å²) >= 11 is 5.99. The molecule has 1 fully saturated rings. The highest BCUT2D eigenvalue weighted by atomic mass is 35.5. The topological polar surface area (TPSA) is 61.6 Å². The molecule has 3 aromatic rings. The molecule has 1 N–H and O–H groups in total. The van der Waals surface area contributed by atoms with E-state index in [1.807, 2.05) is 37.3 Å². The molecule has 1 amide bonds. The van der Waals surface area contributed by atoms with E-state index in [2.05, 4.69) is 46.4 Å². The maximum atomic E-state index is 12.7. The van der Waals surface area contributed by atoms with E-state index in [1.165, 1.54) is 5.56 Å². The lowest BCUT2D eigenvalue weighted by atomic mass is 9.95. The Kier molecular flexibility index (Phi) is 8.96. The Bertz CT molecular complexity index is 1080. The normalized spacial score (nSPS) is 15.0. The van der Waals surface area contributed by atoms with Crippen LogP contribution in [0.15, 0.2) is 59.0 Å². The maximum absolute atomic E-state index is 12.7. The van der Waals surface area contributed by atoms with Crippen molar-refractivity contribution in [1.82, 2.24) is 20.1 Å². The summed E-state index contributed by atoms with van der Waals surface area (Å²) in [6.07, 6.45) is 2.71. The molecule has 0 unspecified atom stereocenters. The molecular formula is C28H35ClN4O2. The van der Waals surface area contributed by atoms with Crippen LogP contribution in [0.1, 0.15) is 36.3 Å². The quantitative estimate of drug-likeness (QED) is 0.395. The SMILES string of the molecule is Cc1oc(-c2ccc(Cl)cc2)nc1CN1CCC(C(=O)NCCCN(C)Cc2ccccc2)CC1. The number of nitrogens with one attached hydrogen (secondary N) is 1. The van der Waals surface area contributed by atoms with Crippen molar-refractivity contribution in [2.24, 2.45) is 5.92 Å². The average Bonchev–Trinajstić information content (AvgIpc) is 3.23. The fraction of sp³-hybridized carbons (Fsp3) is 0.429. The molecule has 6 nitrogen and oxygen atoms in total. The first-order chi connectivity index (χ1) is 17.0. The molecule has 1 aliphatic rings. The second-order valence-electron chi connectivity index (χ2n) is 9.45. The standard InChI is InChI=1S/C28H35ClN4O2/c1-21-26(31-28(35-21)24-9-11-25(29)12-10-24)20-33-17-13-23(14-18-33)27(34)30-15-6-16-32(2)19-22-7-4-3-5-8-22/h3-5,7-12,23H,6,13-20H2,1-2H3,(H,30,34). The first-order valence-electron chi connectivity index (χ1n) is 12.4. The lowest BCUT2D eigenvalue weighted by Gasteiger charge is -2.30. The molecule has 35 heavy (non-hydrogen) atoms. The molecule has 2 aromatic carbocycles. The second-order valence-corrected chi connectivity index (χ2v) is 9.88. The molecule has 1 saturated heterocycles. The zero-order valence-corrected chi connectivity index (χ0v) is 21.4. The first kappa shape index (κ1) is 25.4. The van der Waals surface area contributed by atoms with Gasteiger partial charge >= 0.3 is 0 Å². The number of piperidine rings is 1. The van der Waals surface area contributed by atoms with Crippen LogP contribution < -0.4 is 5.32 Å². The van der Waals surface area contributed by atoms with Gasteiger partial charge in [-0.3, -0.25) is 9.69 Å². The smallest absolute Gasteiger partial charge is 0.226 e. The lowest BCUT2D eigenvalue weighted by molar-refractivity contribution is -0.126. The Morgan fingerprint density at radius 1 is 1.14 bits per heavy atom. The molecule has 1 aromatic heterocycles. The summed E-state index contributed by atoms with van der Waals surface area (Å²) in [6.45, 7) is 7.09. The summed E-state index contributed by atoms with van der Waals surface area (Å²) in [5.41, 5.74) is 3.19. The van der Waals surface area contributed by atoms with Crippen LogP contribution in [0.3, 0.4) is 0 Å². The number of hydrogen-bond donors (Lipinski definition) is 1. The molecular weight excluding hydrogens is 460 g/mol. The second kappa shape index (κ2) is 12.3. The van der Waals surface area contributed by atoms with Crippen LogP contribution in [-0.2, 0) is 17.9 Å². The maximum Gasteiger partial charge on any atom is 0.226 e. The summed E-state index contributed by atoms with van der Waals surface area (Å²) < 4.78 is 5.90. The summed E-state index contributed by atoms with van der Waals surface area (Å²) in [5.74, 6) is 1.75. The lowest BCUT2D eigenvalue weighted by Crippen LogP contribution is -2.40. The molecule has 1 aliphatic heterocycles. The molecule has 2 heterocycles. The van der Waals surface area contributed by atoms with Crippen LogP contribution in [0.25, 0.3) is 11.5 Å². The number of aryl methyl sites for hydroxylation is 1. The van der Waals surface area contributed by atoms with Gasteiger partial charge in [-0.1, -0.05) is 41.9 Å². The monoisotopic (exact) mass is 494 g/mol. The van der Waals surface area contributed by atoms with E-state index in [9.17, 15) is 4.79 Å². The van der Waals surface area contributed by atoms with E-state index in [1.54, 1.807) is 0 Å².